The number of aromatic nitrogens is 4. The third-order valence-electron chi connectivity index (χ3n) is 4.45. The molecule has 0 unspecified atom stereocenters. The maximum Gasteiger partial charge on any atom is 0.206 e. The summed E-state index contributed by atoms with van der Waals surface area (Å²) in [4.78, 5) is 0. The van der Waals surface area contributed by atoms with Crippen LogP contribution in [0.15, 0.2) is 36.5 Å². The third kappa shape index (κ3) is 4.12. The Kier molecular flexibility index (Phi) is 5.50. The van der Waals surface area contributed by atoms with Crippen molar-refractivity contribution in [2.75, 3.05) is 11.9 Å². The first-order chi connectivity index (χ1) is 13.5. The highest BCUT2D eigenvalue weighted by Gasteiger charge is 2.13. The summed E-state index contributed by atoms with van der Waals surface area (Å²) in [6, 6.07) is 9.48. The second-order valence-corrected chi connectivity index (χ2v) is 8.44. The molecule has 6 nitrogen and oxygen atoms in total. The summed E-state index contributed by atoms with van der Waals surface area (Å²) >= 11 is 13.7. The van der Waals surface area contributed by atoms with E-state index in [1.165, 1.54) is 11.3 Å². The maximum absolute atomic E-state index is 6.24. The average molecular weight is 433 g/mol. The summed E-state index contributed by atoms with van der Waals surface area (Å²) in [6.07, 6.45) is 2.45. The first-order valence-corrected chi connectivity index (χ1v) is 10.3. The van der Waals surface area contributed by atoms with Crippen molar-refractivity contribution in [3.63, 3.8) is 0 Å². The van der Waals surface area contributed by atoms with Crippen LogP contribution in [-0.4, -0.2) is 33.0 Å². The van der Waals surface area contributed by atoms with E-state index in [0.717, 1.165) is 37.7 Å². The number of fused-ring (bicyclic) bond motifs is 1. The van der Waals surface area contributed by atoms with Crippen LogP contribution in [0.4, 0.5) is 5.13 Å². The largest absolute Gasteiger partial charge is 0.359 e. The van der Waals surface area contributed by atoms with Gasteiger partial charge in [0.15, 0.2) is 0 Å². The van der Waals surface area contributed by atoms with Crippen LogP contribution >= 0.6 is 34.5 Å². The van der Waals surface area contributed by atoms with Gasteiger partial charge in [-0.15, -0.1) is 10.2 Å². The molecule has 28 heavy (non-hydrogen) atoms. The fraction of sp³-hybridized carbons (Fsp3) is 0.211. The lowest BCUT2D eigenvalue weighted by Gasteiger charge is -2.13. The van der Waals surface area contributed by atoms with Crippen molar-refractivity contribution >= 4 is 50.6 Å². The van der Waals surface area contributed by atoms with E-state index in [1.54, 1.807) is 12.3 Å². The first kappa shape index (κ1) is 19.1. The molecule has 2 heterocycles. The van der Waals surface area contributed by atoms with E-state index in [2.05, 4.69) is 44.8 Å². The molecular formula is C19H18Cl2N6S. The van der Waals surface area contributed by atoms with Crippen molar-refractivity contribution in [3.05, 3.63) is 57.7 Å². The Morgan fingerprint density at radius 3 is 2.89 bits per heavy atom. The van der Waals surface area contributed by atoms with Gasteiger partial charge in [0.25, 0.3) is 0 Å². The summed E-state index contributed by atoms with van der Waals surface area (Å²) in [5.74, 6) is 0. The number of hydrogen-bond acceptors (Lipinski definition) is 6. The molecular weight excluding hydrogens is 415 g/mol. The van der Waals surface area contributed by atoms with E-state index in [4.69, 9.17) is 28.9 Å². The fourth-order valence-corrected chi connectivity index (χ4v) is 4.31. The van der Waals surface area contributed by atoms with Crippen LogP contribution in [0.2, 0.25) is 10.0 Å². The Labute approximate surface area is 176 Å². The molecule has 2 aromatic heterocycles. The molecule has 1 atom stereocenters. The molecule has 2 aromatic carbocycles. The van der Waals surface area contributed by atoms with Gasteiger partial charge in [-0.05, 0) is 48.7 Å². The van der Waals surface area contributed by atoms with E-state index in [0.29, 0.717) is 23.0 Å². The molecule has 4 rings (SSSR count). The standard InChI is InChI=1S/C19H18Cl2N6S/c1-10-4-17-12(8-24-25-17)6-15(10)18-26-27-19(28-18)23-9-14(22)5-11-2-3-13(20)7-16(11)21/h2-4,6-8,14H,5,9,22H2,1H3,(H,23,27)(H,24,25)/t14-/m0/s1. The lowest BCUT2D eigenvalue weighted by molar-refractivity contribution is 0.698. The second-order valence-electron chi connectivity index (χ2n) is 6.62. The van der Waals surface area contributed by atoms with E-state index in [-0.39, 0.29) is 6.04 Å². The molecule has 0 saturated carbocycles. The van der Waals surface area contributed by atoms with Gasteiger partial charge in [-0.2, -0.15) is 5.10 Å². The number of benzene rings is 2. The molecule has 0 saturated heterocycles. The Morgan fingerprint density at radius 2 is 2.07 bits per heavy atom. The predicted molar refractivity (Wildman–Crippen MR) is 116 cm³/mol. The Hall–Kier alpha value is -2.19. The zero-order valence-corrected chi connectivity index (χ0v) is 17.4. The third-order valence-corrected chi connectivity index (χ3v) is 5.95. The van der Waals surface area contributed by atoms with Crippen LogP contribution in [0.3, 0.4) is 0 Å². The first-order valence-electron chi connectivity index (χ1n) is 8.70. The zero-order valence-electron chi connectivity index (χ0n) is 15.0. The van der Waals surface area contributed by atoms with Gasteiger partial charge in [0, 0.05) is 33.6 Å². The Balaban J connectivity index is 1.42. The smallest absolute Gasteiger partial charge is 0.206 e. The van der Waals surface area contributed by atoms with Crippen LogP contribution in [0, 0.1) is 6.92 Å². The summed E-state index contributed by atoms with van der Waals surface area (Å²) in [7, 11) is 0. The van der Waals surface area contributed by atoms with Gasteiger partial charge in [-0.1, -0.05) is 40.6 Å². The number of nitrogens with two attached hydrogens (primary N) is 1. The number of H-pyrrole nitrogens is 1. The summed E-state index contributed by atoms with van der Waals surface area (Å²) in [5.41, 5.74) is 10.4. The molecule has 144 valence electrons. The second kappa shape index (κ2) is 8.05. The fourth-order valence-electron chi connectivity index (χ4n) is 2.99. The van der Waals surface area contributed by atoms with E-state index in [1.807, 2.05) is 12.1 Å². The molecule has 9 heteroatoms. The minimum absolute atomic E-state index is 0.116. The summed E-state index contributed by atoms with van der Waals surface area (Å²) in [5, 5.41) is 22.8. The SMILES string of the molecule is Cc1cc2[nH]ncc2cc1-c1nnc(NC[C@@H](N)Cc2ccc(Cl)cc2Cl)s1. The van der Waals surface area contributed by atoms with Gasteiger partial charge in [-0.3, -0.25) is 5.10 Å². The van der Waals surface area contributed by atoms with Crippen LogP contribution in [-0.2, 0) is 6.42 Å². The van der Waals surface area contributed by atoms with E-state index in [9.17, 15) is 0 Å². The van der Waals surface area contributed by atoms with Crippen molar-refractivity contribution < 1.29 is 0 Å². The Morgan fingerprint density at radius 1 is 1.21 bits per heavy atom. The molecule has 0 amide bonds. The quantitative estimate of drug-likeness (QED) is 0.411. The number of nitrogens with zero attached hydrogens (tertiary/aromatic N) is 3. The molecule has 4 aromatic rings. The molecule has 0 radical (unpaired) electrons. The maximum atomic E-state index is 6.24. The van der Waals surface area contributed by atoms with Crippen molar-refractivity contribution in [3.8, 4) is 10.6 Å². The van der Waals surface area contributed by atoms with Crippen molar-refractivity contribution in [2.24, 2.45) is 5.73 Å². The molecule has 0 aliphatic carbocycles. The molecule has 0 aliphatic heterocycles. The highest BCUT2D eigenvalue weighted by atomic mass is 35.5. The van der Waals surface area contributed by atoms with E-state index >= 15 is 0 Å². The predicted octanol–water partition coefficient (Wildman–Crippen LogP) is 4.68. The van der Waals surface area contributed by atoms with Crippen LogP contribution in [0.5, 0.6) is 0 Å². The number of nitrogens with one attached hydrogen (secondary N) is 2. The lowest BCUT2D eigenvalue weighted by Crippen LogP contribution is -2.31. The van der Waals surface area contributed by atoms with E-state index < -0.39 is 0 Å². The number of anilines is 1. The van der Waals surface area contributed by atoms with Gasteiger partial charge in [0.1, 0.15) is 5.01 Å². The molecule has 0 aliphatic rings. The number of aryl methyl sites for hydroxylation is 1. The van der Waals surface area contributed by atoms with Crippen molar-refractivity contribution in [1.82, 2.24) is 20.4 Å². The molecule has 4 N–H and O–H groups in total. The van der Waals surface area contributed by atoms with Gasteiger partial charge >= 0.3 is 0 Å². The summed E-state index contributed by atoms with van der Waals surface area (Å²) < 4.78 is 0. The lowest BCUT2D eigenvalue weighted by atomic mass is 10.1. The zero-order chi connectivity index (χ0) is 19.7. The highest BCUT2D eigenvalue weighted by Crippen LogP contribution is 2.31. The molecule has 0 fully saturated rings. The number of halogens is 2. The molecule has 0 spiro atoms. The van der Waals surface area contributed by atoms with Crippen LogP contribution in [0.1, 0.15) is 11.1 Å². The normalized spacial score (nSPS) is 12.4. The van der Waals surface area contributed by atoms with Gasteiger partial charge in [0.05, 0.1) is 11.7 Å². The number of rotatable bonds is 6. The van der Waals surface area contributed by atoms with Gasteiger partial charge in [-0.25, -0.2) is 0 Å². The van der Waals surface area contributed by atoms with Crippen LogP contribution < -0.4 is 11.1 Å². The minimum atomic E-state index is -0.116. The van der Waals surface area contributed by atoms with Crippen LogP contribution in [0.25, 0.3) is 21.5 Å². The average Bonchev–Trinajstić information content (AvgIpc) is 3.30. The molecule has 0 bridgehead atoms. The summed E-state index contributed by atoms with van der Waals surface area (Å²) in [6.45, 7) is 2.61. The Bertz CT molecular complexity index is 1120. The van der Waals surface area contributed by atoms with Crippen molar-refractivity contribution in [1.29, 1.82) is 0 Å². The van der Waals surface area contributed by atoms with Gasteiger partial charge in [0.2, 0.25) is 5.13 Å². The number of aromatic amines is 1. The monoisotopic (exact) mass is 432 g/mol. The highest BCUT2D eigenvalue weighted by molar-refractivity contribution is 7.18. The minimum Gasteiger partial charge on any atom is -0.359 e. The van der Waals surface area contributed by atoms with Gasteiger partial charge < -0.3 is 11.1 Å². The number of hydrogen-bond donors (Lipinski definition) is 3. The van der Waals surface area contributed by atoms with Crippen molar-refractivity contribution in [2.45, 2.75) is 19.4 Å². The topological polar surface area (TPSA) is 92.5 Å².